The average Bonchev–Trinajstić information content (AvgIpc) is 1.74. The minimum Gasteiger partial charge on any atom is -0.444 e. The number of likely N-dealkylation sites (tertiary alicyclic amines) is 1. The molecule has 0 aromatic rings. The average molecular weight is 199 g/mol. The summed E-state index contributed by atoms with van der Waals surface area (Å²) >= 11 is 0. The number of amides is 1. The summed E-state index contributed by atoms with van der Waals surface area (Å²) in [4.78, 5) is 13.2. The fourth-order valence-electron chi connectivity index (χ4n) is 1.75. The molecule has 0 radical (unpaired) electrons. The zero-order chi connectivity index (χ0) is 10.4. The van der Waals surface area contributed by atoms with E-state index in [-0.39, 0.29) is 11.7 Å². The highest BCUT2D eigenvalue weighted by atomic mass is 16.6. The summed E-state index contributed by atoms with van der Waals surface area (Å²) in [6.45, 7) is 7.85. The second-order valence-electron chi connectivity index (χ2n) is 5.12. The van der Waals surface area contributed by atoms with Crippen molar-refractivity contribution >= 4 is 6.09 Å². The molecule has 2 rings (SSSR count). The van der Waals surface area contributed by atoms with Gasteiger partial charge in [0.2, 0.25) is 0 Å². The van der Waals surface area contributed by atoms with Crippen LogP contribution >= 0.6 is 0 Å². The summed E-state index contributed by atoms with van der Waals surface area (Å²) in [6, 6.07) is 0. The zero-order valence-electron chi connectivity index (χ0n) is 9.00. The van der Waals surface area contributed by atoms with Crippen molar-refractivity contribution in [3.63, 3.8) is 0 Å². The summed E-state index contributed by atoms with van der Waals surface area (Å²) in [5, 5.41) is 0. The van der Waals surface area contributed by atoms with Crippen LogP contribution in [-0.4, -0.2) is 41.9 Å². The molecule has 14 heavy (non-hydrogen) atoms. The van der Waals surface area contributed by atoms with Crippen molar-refractivity contribution < 1.29 is 14.3 Å². The Labute approximate surface area is 84.2 Å². The lowest BCUT2D eigenvalue weighted by Gasteiger charge is -2.54. The molecule has 80 valence electrons. The minimum absolute atomic E-state index is 0.00307. The minimum atomic E-state index is -0.402. The molecule has 0 aliphatic carbocycles. The molecule has 2 saturated heterocycles. The van der Waals surface area contributed by atoms with Gasteiger partial charge in [-0.05, 0) is 20.8 Å². The molecule has 2 fully saturated rings. The molecule has 0 unspecified atom stereocenters. The molecule has 1 amide bonds. The van der Waals surface area contributed by atoms with Crippen LogP contribution in [0.25, 0.3) is 0 Å². The van der Waals surface area contributed by atoms with Gasteiger partial charge in [-0.15, -0.1) is 0 Å². The molecule has 0 bridgehead atoms. The largest absolute Gasteiger partial charge is 0.444 e. The molecule has 2 aliphatic rings. The van der Waals surface area contributed by atoms with Gasteiger partial charge in [-0.25, -0.2) is 4.79 Å². The second kappa shape index (κ2) is 2.86. The van der Waals surface area contributed by atoms with E-state index < -0.39 is 5.60 Å². The van der Waals surface area contributed by atoms with E-state index in [4.69, 9.17) is 9.47 Å². The number of hydrogen-bond acceptors (Lipinski definition) is 3. The maximum Gasteiger partial charge on any atom is 0.410 e. The first-order valence-electron chi connectivity index (χ1n) is 5.02. The van der Waals surface area contributed by atoms with Crippen LogP contribution in [0.2, 0.25) is 0 Å². The summed E-state index contributed by atoms with van der Waals surface area (Å²) in [5.74, 6) is 0. The maximum atomic E-state index is 11.5. The Kier molecular flexibility index (Phi) is 2.00. The van der Waals surface area contributed by atoms with Gasteiger partial charge in [0.25, 0.3) is 0 Å². The molecule has 0 aromatic heterocycles. The Bertz CT molecular complexity index is 245. The van der Waals surface area contributed by atoms with Crippen LogP contribution < -0.4 is 0 Å². The zero-order valence-corrected chi connectivity index (χ0v) is 9.00. The number of ether oxygens (including phenoxy) is 2. The van der Waals surface area contributed by atoms with Crippen LogP contribution in [-0.2, 0) is 9.47 Å². The standard InChI is InChI=1S/C10H17NO3/c1-9(2,3)14-8(12)11-6-10(7-11)4-5-13-10/h4-7H2,1-3H3. The van der Waals surface area contributed by atoms with Gasteiger partial charge in [-0.2, -0.15) is 0 Å². The Morgan fingerprint density at radius 3 is 2.36 bits per heavy atom. The molecule has 0 atom stereocenters. The Morgan fingerprint density at radius 2 is 2.00 bits per heavy atom. The van der Waals surface area contributed by atoms with E-state index in [0.29, 0.717) is 13.1 Å². The topological polar surface area (TPSA) is 38.8 Å². The lowest BCUT2D eigenvalue weighted by atomic mass is 9.87. The molecule has 0 saturated carbocycles. The Balaban J connectivity index is 1.79. The molecule has 0 aromatic carbocycles. The second-order valence-corrected chi connectivity index (χ2v) is 5.12. The van der Waals surface area contributed by atoms with Gasteiger partial charge >= 0.3 is 6.09 Å². The normalized spacial score (nSPS) is 24.1. The van der Waals surface area contributed by atoms with Crippen molar-refractivity contribution in [1.29, 1.82) is 0 Å². The first kappa shape index (κ1) is 9.77. The molecule has 2 aliphatic heterocycles. The van der Waals surface area contributed by atoms with E-state index >= 15 is 0 Å². The van der Waals surface area contributed by atoms with Gasteiger partial charge in [0, 0.05) is 6.42 Å². The van der Waals surface area contributed by atoms with E-state index in [1.165, 1.54) is 0 Å². The molecule has 0 N–H and O–H groups in total. The third-order valence-corrected chi connectivity index (χ3v) is 2.58. The first-order valence-corrected chi connectivity index (χ1v) is 5.02. The van der Waals surface area contributed by atoms with Crippen LogP contribution in [0.3, 0.4) is 0 Å². The van der Waals surface area contributed by atoms with Gasteiger partial charge in [-0.3, -0.25) is 0 Å². The van der Waals surface area contributed by atoms with Crippen LogP contribution in [0.15, 0.2) is 0 Å². The molecule has 4 nitrogen and oxygen atoms in total. The van der Waals surface area contributed by atoms with Crippen molar-refractivity contribution in [3.05, 3.63) is 0 Å². The summed E-state index contributed by atoms with van der Waals surface area (Å²) in [6.07, 6.45) is 0.852. The quantitative estimate of drug-likeness (QED) is 0.592. The smallest absolute Gasteiger partial charge is 0.410 e. The van der Waals surface area contributed by atoms with Crippen LogP contribution in [0, 0.1) is 0 Å². The fraction of sp³-hybridized carbons (Fsp3) is 0.900. The number of carbonyl (C=O) groups is 1. The van der Waals surface area contributed by atoms with Crippen molar-refractivity contribution in [3.8, 4) is 0 Å². The van der Waals surface area contributed by atoms with Gasteiger partial charge < -0.3 is 14.4 Å². The number of nitrogens with zero attached hydrogens (tertiary/aromatic N) is 1. The van der Waals surface area contributed by atoms with Crippen LogP contribution in [0.5, 0.6) is 0 Å². The number of carbonyl (C=O) groups excluding carboxylic acids is 1. The lowest BCUT2D eigenvalue weighted by molar-refractivity contribution is -0.214. The maximum absolute atomic E-state index is 11.5. The third-order valence-electron chi connectivity index (χ3n) is 2.58. The van der Waals surface area contributed by atoms with Crippen molar-refractivity contribution in [1.82, 2.24) is 4.90 Å². The highest BCUT2D eigenvalue weighted by Gasteiger charge is 2.51. The lowest BCUT2D eigenvalue weighted by Crippen LogP contribution is -2.69. The van der Waals surface area contributed by atoms with Crippen molar-refractivity contribution in [2.24, 2.45) is 0 Å². The van der Waals surface area contributed by atoms with Gasteiger partial charge in [0.15, 0.2) is 0 Å². The van der Waals surface area contributed by atoms with Gasteiger partial charge in [0.1, 0.15) is 11.2 Å². The molecular formula is C10H17NO3. The summed E-state index contributed by atoms with van der Waals surface area (Å²) in [7, 11) is 0. The van der Waals surface area contributed by atoms with E-state index in [1.807, 2.05) is 20.8 Å². The highest BCUT2D eigenvalue weighted by Crippen LogP contribution is 2.36. The molecule has 4 heteroatoms. The van der Waals surface area contributed by atoms with Crippen LogP contribution in [0.4, 0.5) is 4.79 Å². The van der Waals surface area contributed by atoms with Crippen LogP contribution in [0.1, 0.15) is 27.2 Å². The van der Waals surface area contributed by atoms with E-state index in [0.717, 1.165) is 13.0 Å². The monoisotopic (exact) mass is 199 g/mol. The molecular weight excluding hydrogens is 182 g/mol. The fourth-order valence-corrected chi connectivity index (χ4v) is 1.75. The SMILES string of the molecule is CC(C)(C)OC(=O)N1CC2(CCO2)C1. The predicted octanol–water partition coefficient (Wildman–Crippen LogP) is 1.40. The Morgan fingerprint density at radius 1 is 1.43 bits per heavy atom. The van der Waals surface area contributed by atoms with E-state index in [9.17, 15) is 4.79 Å². The predicted molar refractivity (Wildman–Crippen MR) is 51.1 cm³/mol. The highest BCUT2D eigenvalue weighted by molar-refractivity contribution is 5.69. The number of rotatable bonds is 0. The van der Waals surface area contributed by atoms with Gasteiger partial charge in [-0.1, -0.05) is 0 Å². The summed E-state index contributed by atoms with van der Waals surface area (Å²) < 4.78 is 10.7. The third kappa shape index (κ3) is 1.71. The molecule has 1 spiro atoms. The van der Waals surface area contributed by atoms with E-state index in [1.54, 1.807) is 4.90 Å². The molecule has 2 heterocycles. The van der Waals surface area contributed by atoms with Crippen molar-refractivity contribution in [2.45, 2.75) is 38.4 Å². The van der Waals surface area contributed by atoms with Gasteiger partial charge in [0.05, 0.1) is 19.7 Å². The van der Waals surface area contributed by atoms with Crippen molar-refractivity contribution in [2.75, 3.05) is 19.7 Å². The van der Waals surface area contributed by atoms with E-state index in [2.05, 4.69) is 0 Å². The number of hydrogen-bond donors (Lipinski definition) is 0. The Hall–Kier alpha value is -0.770. The summed E-state index contributed by atoms with van der Waals surface area (Å²) in [5.41, 5.74) is -0.406. The first-order chi connectivity index (χ1) is 6.40.